The number of nitrogens with zero attached hydrogens (tertiary/aromatic N) is 4. The molecule has 1 atom stereocenters. The largest absolute Gasteiger partial charge is 0.496 e. The van der Waals surface area contributed by atoms with Crippen molar-refractivity contribution in [2.24, 2.45) is 23.2 Å². The van der Waals surface area contributed by atoms with Crippen LogP contribution in [0.4, 0.5) is 24.5 Å². The van der Waals surface area contributed by atoms with E-state index in [-0.39, 0.29) is 16.4 Å². The van der Waals surface area contributed by atoms with Gasteiger partial charge in [0.1, 0.15) is 29.5 Å². The van der Waals surface area contributed by atoms with Crippen LogP contribution in [0.15, 0.2) is 153 Å². The predicted molar refractivity (Wildman–Crippen MR) is 279 cm³/mol. The van der Waals surface area contributed by atoms with Gasteiger partial charge in [-0.05, 0) is 170 Å². The summed E-state index contributed by atoms with van der Waals surface area (Å²) in [5.41, 5.74) is 5.40. The van der Waals surface area contributed by atoms with Crippen LogP contribution in [-0.2, 0) is 22.2 Å². The molecular formula is C62H59F3N4O2S. The van der Waals surface area contributed by atoms with Crippen LogP contribution >= 0.6 is 11.8 Å². The first-order valence-corrected chi connectivity index (χ1v) is 26.0. The Morgan fingerprint density at radius 1 is 0.833 bits per heavy atom. The predicted octanol–water partition coefficient (Wildman–Crippen LogP) is 15.8. The molecule has 11 rings (SSSR count). The third-order valence-electron chi connectivity index (χ3n) is 16.2. The number of fused-ring (bicyclic) bond motifs is 1. The highest BCUT2D eigenvalue weighted by atomic mass is 32.2. The number of alkyl halides is 3. The van der Waals surface area contributed by atoms with E-state index in [4.69, 9.17) is 9.47 Å². The van der Waals surface area contributed by atoms with Crippen LogP contribution in [0.1, 0.15) is 105 Å². The van der Waals surface area contributed by atoms with Crippen LogP contribution < -0.4 is 9.64 Å². The molecule has 4 aromatic carbocycles. The zero-order chi connectivity index (χ0) is 50.6. The highest BCUT2D eigenvalue weighted by Crippen LogP contribution is 2.63. The Balaban J connectivity index is 1.03. The van der Waals surface area contributed by atoms with E-state index in [0.29, 0.717) is 6.42 Å². The maximum atomic E-state index is 15.7. The SMILES string of the molecule is COc1ccc(N2CCCc3cc(/C=C/C4=C(Sc5c(C)cccc5C)C(=C/C=C/C5=C(C#N)C(=C(C#N)C#N)OC5(c5ccccc5)C(F)(F)F)/CC(C)(C)C4)ccc32)cc1C12CC3CC(CC(C3)C1)C2. The van der Waals surface area contributed by atoms with Crippen molar-refractivity contribution >= 4 is 29.2 Å². The molecule has 6 nitrogen and oxygen atoms in total. The fourth-order valence-electron chi connectivity index (χ4n) is 13.5. The number of anilines is 2. The topological polar surface area (TPSA) is 93.1 Å². The molecule has 4 saturated carbocycles. The van der Waals surface area contributed by atoms with Crippen molar-refractivity contribution in [3.05, 3.63) is 181 Å². The van der Waals surface area contributed by atoms with E-state index in [2.05, 4.69) is 93.3 Å². The third kappa shape index (κ3) is 8.79. The van der Waals surface area contributed by atoms with E-state index in [1.54, 1.807) is 36.0 Å². The van der Waals surface area contributed by atoms with Gasteiger partial charge in [0.15, 0.2) is 11.3 Å². The van der Waals surface area contributed by atoms with Gasteiger partial charge in [-0.3, -0.25) is 0 Å². The first-order valence-electron chi connectivity index (χ1n) is 25.2. The molecule has 1 unspecified atom stereocenters. The number of aryl methyl sites for hydroxylation is 3. The van der Waals surface area contributed by atoms with Crippen molar-refractivity contribution in [1.82, 2.24) is 0 Å². The molecule has 366 valence electrons. The van der Waals surface area contributed by atoms with Crippen LogP contribution in [0.3, 0.4) is 0 Å². The van der Waals surface area contributed by atoms with Gasteiger partial charge in [-0.15, -0.1) is 0 Å². The molecular weight excluding hydrogens is 922 g/mol. The minimum Gasteiger partial charge on any atom is -0.496 e. The summed E-state index contributed by atoms with van der Waals surface area (Å²) in [5, 5.41) is 30.0. The number of allylic oxidation sites excluding steroid dienone is 7. The zero-order valence-electron chi connectivity index (χ0n) is 41.6. The number of benzene rings is 4. The molecule has 4 fully saturated rings. The molecule has 0 saturated heterocycles. The molecule has 2 heterocycles. The van der Waals surface area contributed by atoms with E-state index < -0.39 is 34.3 Å². The molecule has 7 aliphatic rings. The highest BCUT2D eigenvalue weighted by molar-refractivity contribution is 8.03. The number of halogens is 3. The lowest BCUT2D eigenvalue weighted by Crippen LogP contribution is -2.48. The maximum Gasteiger partial charge on any atom is 0.437 e. The smallest absolute Gasteiger partial charge is 0.437 e. The minimum absolute atomic E-state index is 0.209. The van der Waals surface area contributed by atoms with E-state index in [9.17, 15) is 15.8 Å². The van der Waals surface area contributed by atoms with Crippen LogP contribution in [0.5, 0.6) is 5.75 Å². The first kappa shape index (κ1) is 48.9. The molecule has 2 aliphatic heterocycles. The molecule has 4 aromatic rings. The third-order valence-corrected chi connectivity index (χ3v) is 17.7. The quantitative estimate of drug-likeness (QED) is 0.146. The Hall–Kier alpha value is -6.67. The first-order chi connectivity index (χ1) is 34.6. The van der Waals surface area contributed by atoms with Crippen LogP contribution in [0.2, 0.25) is 0 Å². The zero-order valence-corrected chi connectivity index (χ0v) is 42.4. The van der Waals surface area contributed by atoms with Gasteiger partial charge in [0.2, 0.25) is 0 Å². The summed E-state index contributed by atoms with van der Waals surface area (Å²) >= 11 is 1.67. The van der Waals surface area contributed by atoms with Gasteiger partial charge >= 0.3 is 6.18 Å². The number of rotatable bonds is 10. The lowest BCUT2D eigenvalue weighted by Gasteiger charge is -2.57. The monoisotopic (exact) mass is 980 g/mol. The molecule has 0 N–H and O–H groups in total. The Labute approximate surface area is 426 Å². The number of nitriles is 3. The Morgan fingerprint density at radius 2 is 1.53 bits per heavy atom. The number of thioether (sulfide) groups is 1. The second-order valence-corrected chi connectivity index (χ2v) is 22.8. The molecule has 5 aliphatic carbocycles. The van der Waals surface area contributed by atoms with Crippen molar-refractivity contribution < 1.29 is 22.6 Å². The Morgan fingerprint density at radius 3 is 2.17 bits per heavy atom. The summed E-state index contributed by atoms with van der Waals surface area (Å²) in [4.78, 5) is 4.63. The van der Waals surface area contributed by atoms with Crippen LogP contribution in [-0.4, -0.2) is 19.8 Å². The van der Waals surface area contributed by atoms with Crippen LogP contribution in [0, 0.1) is 71.0 Å². The standard InChI is InChI=1S/C62H59F3N4O2S/c1-39-12-9-13-40(2)57(39)72-58-46(14-10-18-52-51(38-68)56(48(36-66)37-67)71-61(52,62(63,64)65)49-16-7-6-8-17-49)34-59(3,4)35-47(58)21-19-41-20-23-54-45(29-41)15-11-25-69(54)50-22-24-55(70-5)53(30-50)60-31-42-26-43(32-60)28-44(27-42)33-60/h6-10,12-14,16-24,29-30,42-44H,11,15,25-28,31-35H2,1-5H3/b18-10+,21-19+,46-14+. The fraction of sp³-hybridized carbons (Fsp3) is 0.371. The summed E-state index contributed by atoms with van der Waals surface area (Å²) in [6.45, 7) is 9.53. The average molecular weight is 981 g/mol. The van der Waals surface area contributed by atoms with Gasteiger partial charge in [-0.1, -0.05) is 111 Å². The molecule has 4 bridgehead atoms. The molecule has 0 spiro atoms. The summed E-state index contributed by atoms with van der Waals surface area (Å²) < 4.78 is 58.8. The molecule has 72 heavy (non-hydrogen) atoms. The van der Waals surface area contributed by atoms with E-state index >= 15 is 13.2 Å². The van der Waals surface area contributed by atoms with Crippen molar-refractivity contribution in [1.29, 1.82) is 15.8 Å². The van der Waals surface area contributed by atoms with Crippen molar-refractivity contribution in [2.45, 2.75) is 114 Å². The second kappa shape index (κ2) is 19.1. The summed E-state index contributed by atoms with van der Waals surface area (Å²) in [5.74, 6) is 2.85. The van der Waals surface area contributed by atoms with E-state index in [0.717, 1.165) is 86.9 Å². The number of methoxy groups -OCH3 is 1. The Bertz CT molecular complexity index is 3100. The second-order valence-electron chi connectivity index (χ2n) is 21.8. The lowest BCUT2D eigenvalue weighted by molar-refractivity contribution is -0.249. The highest BCUT2D eigenvalue weighted by Gasteiger charge is 2.65. The number of ether oxygens (including phenoxy) is 2. The Kier molecular flexibility index (Phi) is 13.0. The van der Waals surface area contributed by atoms with Gasteiger partial charge < -0.3 is 14.4 Å². The van der Waals surface area contributed by atoms with Crippen molar-refractivity contribution in [2.75, 3.05) is 18.6 Å². The lowest BCUT2D eigenvalue weighted by atomic mass is 9.48. The van der Waals surface area contributed by atoms with Gasteiger partial charge in [-0.25, -0.2) is 0 Å². The van der Waals surface area contributed by atoms with Gasteiger partial charge in [0.05, 0.1) is 7.11 Å². The average Bonchev–Trinajstić information content (AvgIpc) is 3.69. The van der Waals surface area contributed by atoms with Gasteiger partial charge in [-0.2, -0.15) is 29.0 Å². The number of hydrogen-bond donors (Lipinski definition) is 0. The van der Waals surface area contributed by atoms with Gasteiger partial charge in [0.25, 0.3) is 5.60 Å². The summed E-state index contributed by atoms with van der Waals surface area (Å²) in [6, 6.07) is 32.1. The molecule has 0 amide bonds. The van der Waals surface area contributed by atoms with E-state index in [1.165, 1.54) is 91.4 Å². The fourth-order valence-corrected chi connectivity index (χ4v) is 14.7. The normalized spacial score (nSPS) is 26.0. The van der Waals surface area contributed by atoms with Crippen molar-refractivity contribution in [3.8, 4) is 24.0 Å². The molecule has 0 aromatic heterocycles. The van der Waals surface area contributed by atoms with Gasteiger partial charge in [0, 0.05) is 44.4 Å². The minimum atomic E-state index is -5.09. The molecule has 0 radical (unpaired) electrons. The summed E-state index contributed by atoms with van der Waals surface area (Å²) in [7, 11) is 1.82. The maximum absolute atomic E-state index is 15.7. The van der Waals surface area contributed by atoms with E-state index in [1.807, 2.05) is 25.3 Å². The van der Waals surface area contributed by atoms with Crippen molar-refractivity contribution in [3.63, 3.8) is 0 Å². The summed E-state index contributed by atoms with van der Waals surface area (Å²) in [6.07, 6.45) is 15.4. The molecule has 10 heteroatoms. The number of hydrogen-bond acceptors (Lipinski definition) is 7. The van der Waals surface area contributed by atoms with Crippen LogP contribution in [0.25, 0.3) is 6.08 Å².